The van der Waals surface area contributed by atoms with Crippen LogP contribution in [0.5, 0.6) is 0 Å². The van der Waals surface area contributed by atoms with Crippen LogP contribution in [-0.4, -0.2) is 29.0 Å². The van der Waals surface area contributed by atoms with Crippen LogP contribution < -0.4 is 0 Å². The molecule has 22 heavy (non-hydrogen) atoms. The van der Waals surface area contributed by atoms with Gasteiger partial charge in [0.25, 0.3) is 0 Å². The van der Waals surface area contributed by atoms with Crippen LogP contribution in [0, 0.1) is 0 Å². The van der Waals surface area contributed by atoms with Gasteiger partial charge < -0.3 is 14.9 Å². The van der Waals surface area contributed by atoms with Gasteiger partial charge in [-0.05, 0) is 16.7 Å². The van der Waals surface area contributed by atoms with Crippen LogP contribution in [0.3, 0.4) is 0 Å². The minimum Gasteiger partial charge on any atom is -0.394 e. The van der Waals surface area contributed by atoms with Crippen LogP contribution in [0.25, 0.3) is 12.2 Å². The Balaban J connectivity index is 1.67. The van der Waals surface area contributed by atoms with Crippen molar-refractivity contribution in [2.24, 2.45) is 0 Å². The number of aliphatic hydroxyl groups is 2. The first kappa shape index (κ1) is 15.0. The Morgan fingerprint density at radius 2 is 1.59 bits per heavy atom. The van der Waals surface area contributed by atoms with E-state index in [2.05, 4.69) is 24.3 Å². The van der Waals surface area contributed by atoms with Gasteiger partial charge in [0.05, 0.1) is 18.8 Å². The second-order valence-corrected chi connectivity index (χ2v) is 5.56. The summed E-state index contributed by atoms with van der Waals surface area (Å²) in [6.07, 6.45) is 3.48. The summed E-state index contributed by atoms with van der Waals surface area (Å²) >= 11 is 0. The summed E-state index contributed by atoms with van der Waals surface area (Å²) in [5, 5.41) is 18.9. The lowest BCUT2D eigenvalue weighted by Gasteiger charge is -2.12. The third-order valence-corrected chi connectivity index (χ3v) is 3.98. The molecular weight excluding hydrogens is 276 g/mol. The maximum absolute atomic E-state index is 9.79. The van der Waals surface area contributed by atoms with E-state index in [4.69, 9.17) is 9.84 Å². The zero-order chi connectivity index (χ0) is 15.4. The lowest BCUT2D eigenvalue weighted by atomic mass is 10.0. The van der Waals surface area contributed by atoms with E-state index < -0.39 is 12.2 Å². The first-order chi connectivity index (χ1) is 10.8. The molecule has 1 aliphatic rings. The molecule has 1 aliphatic heterocycles. The standard InChI is InChI=1S/C19H20O3/c20-13-19-17(21)12-18(22-19)16-10-8-15(9-11-16)7-6-14-4-2-1-3-5-14/h1-11,17-21H,12-13H2/b7-6+/t17?,18-,19+/m0/s1. The Labute approximate surface area is 130 Å². The van der Waals surface area contributed by atoms with Gasteiger partial charge in [-0.25, -0.2) is 0 Å². The van der Waals surface area contributed by atoms with Gasteiger partial charge in [0.2, 0.25) is 0 Å². The summed E-state index contributed by atoms with van der Waals surface area (Å²) in [6, 6.07) is 18.3. The zero-order valence-electron chi connectivity index (χ0n) is 12.3. The van der Waals surface area contributed by atoms with Crippen molar-refractivity contribution in [3.05, 3.63) is 71.3 Å². The van der Waals surface area contributed by atoms with E-state index >= 15 is 0 Å². The molecule has 3 heteroatoms. The van der Waals surface area contributed by atoms with Gasteiger partial charge in [-0.1, -0.05) is 66.7 Å². The Bertz CT molecular complexity index is 619. The maximum atomic E-state index is 9.79. The maximum Gasteiger partial charge on any atom is 0.107 e. The predicted molar refractivity (Wildman–Crippen MR) is 87.1 cm³/mol. The molecule has 0 aromatic heterocycles. The lowest BCUT2D eigenvalue weighted by molar-refractivity contribution is -0.0225. The molecule has 0 radical (unpaired) electrons. The highest BCUT2D eigenvalue weighted by molar-refractivity contribution is 5.69. The Morgan fingerprint density at radius 1 is 0.955 bits per heavy atom. The minimum atomic E-state index is -0.590. The van der Waals surface area contributed by atoms with Crippen LogP contribution in [0.15, 0.2) is 54.6 Å². The molecule has 0 amide bonds. The van der Waals surface area contributed by atoms with E-state index in [9.17, 15) is 5.11 Å². The number of hydrogen-bond donors (Lipinski definition) is 2. The lowest BCUT2D eigenvalue weighted by Crippen LogP contribution is -2.24. The molecule has 1 unspecified atom stereocenters. The van der Waals surface area contributed by atoms with Crippen LogP contribution in [0.4, 0.5) is 0 Å². The van der Waals surface area contributed by atoms with E-state index in [1.165, 1.54) is 5.56 Å². The molecule has 2 aromatic rings. The fraction of sp³-hybridized carbons (Fsp3) is 0.263. The molecule has 0 saturated carbocycles. The van der Waals surface area contributed by atoms with E-state index in [1.807, 2.05) is 42.5 Å². The van der Waals surface area contributed by atoms with E-state index in [0.29, 0.717) is 6.42 Å². The minimum absolute atomic E-state index is 0.140. The Kier molecular flexibility index (Phi) is 4.68. The molecule has 2 aromatic carbocycles. The predicted octanol–water partition coefficient (Wildman–Crippen LogP) is 3.04. The molecule has 0 spiro atoms. The van der Waals surface area contributed by atoms with Crippen molar-refractivity contribution in [2.75, 3.05) is 6.61 Å². The van der Waals surface area contributed by atoms with E-state index in [0.717, 1.165) is 11.1 Å². The average Bonchev–Trinajstić information content (AvgIpc) is 2.95. The average molecular weight is 296 g/mol. The van der Waals surface area contributed by atoms with Crippen molar-refractivity contribution in [1.82, 2.24) is 0 Å². The first-order valence-electron chi connectivity index (χ1n) is 7.54. The van der Waals surface area contributed by atoms with Gasteiger partial charge >= 0.3 is 0 Å². The van der Waals surface area contributed by atoms with Gasteiger partial charge in [-0.15, -0.1) is 0 Å². The number of ether oxygens (including phenoxy) is 1. The first-order valence-corrected chi connectivity index (χ1v) is 7.54. The largest absolute Gasteiger partial charge is 0.394 e. The van der Waals surface area contributed by atoms with Crippen LogP contribution in [-0.2, 0) is 4.74 Å². The topological polar surface area (TPSA) is 49.7 Å². The summed E-state index contributed by atoms with van der Waals surface area (Å²) < 4.78 is 5.66. The molecule has 2 N–H and O–H groups in total. The van der Waals surface area contributed by atoms with E-state index in [1.54, 1.807) is 0 Å². The fourth-order valence-electron chi connectivity index (χ4n) is 2.69. The summed E-state index contributed by atoms with van der Waals surface area (Å²) in [7, 11) is 0. The summed E-state index contributed by atoms with van der Waals surface area (Å²) in [5.41, 5.74) is 3.32. The van der Waals surface area contributed by atoms with Gasteiger partial charge in [0, 0.05) is 6.42 Å². The molecule has 0 bridgehead atoms. The van der Waals surface area contributed by atoms with E-state index in [-0.39, 0.29) is 12.7 Å². The molecule has 1 saturated heterocycles. The summed E-state index contributed by atoms with van der Waals surface area (Å²) in [5.74, 6) is 0. The van der Waals surface area contributed by atoms with Crippen LogP contribution in [0.2, 0.25) is 0 Å². The normalized spacial score (nSPS) is 24.9. The molecule has 1 heterocycles. The van der Waals surface area contributed by atoms with Crippen molar-refractivity contribution in [2.45, 2.75) is 24.7 Å². The molecule has 3 rings (SSSR count). The van der Waals surface area contributed by atoms with Crippen molar-refractivity contribution in [3.8, 4) is 0 Å². The Morgan fingerprint density at radius 3 is 2.18 bits per heavy atom. The number of rotatable bonds is 4. The van der Waals surface area contributed by atoms with Crippen molar-refractivity contribution < 1.29 is 14.9 Å². The van der Waals surface area contributed by atoms with Crippen LogP contribution >= 0.6 is 0 Å². The molecule has 0 aliphatic carbocycles. The summed E-state index contributed by atoms with van der Waals surface area (Å²) in [4.78, 5) is 0. The zero-order valence-corrected chi connectivity index (χ0v) is 12.3. The highest BCUT2D eigenvalue weighted by atomic mass is 16.5. The second kappa shape index (κ2) is 6.88. The third kappa shape index (κ3) is 3.45. The molecule has 114 valence electrons. The third-order valence-electron chi connectivity index (χ3n) is 3.98. The monoisotopic (exact) mass is 296 g/mol. The molecule has 3 nitrogen and oxygen atoms in total. The van der Waals surface area contributed by atoms with Crippen molar-refractivity contribution >= 4 is 12.2 Å². The van der Waals surface area contributed by atoms with Gasteiger partial charge in [-0.2, -0.15) is 0 Å². The van der Waals surface area contributed by atoms with Crippen LogP contribution in [0.1, 0.15) is 29.2 Å². The highest BCUT2D eigenvalue weighted by Gasteiger charge is 2.33. The van der Waals surface area contributed by atoms with Crippen molar-refractivity contribution in [3.63, 3.8) is 0 Å². The molecular formula is C19H20O3. The van der Waals surface area contributed by atoms with Gasteiger partial charge in [0.15, 0.2) is 0 Å². The quantitative estimate of drug-likeness (QED) is 0.853. The fourth-order valence-corrected chi connectivity index (χ4v) is 2.69. The second-order valence-electron chi connectivity index (χ2n) is 5.56. The van der Waals surface area contributed by atoms with Gasteiger partial charge in [-0.3, -0.25) is 0 Å². The smallest absolute Gasteiger partial charge is 0.107 e. The Hall–Kier alpha value is -1.94. The highest BCUT2D eigenvalue weighted by Crippen LogP contribution is 2.33. The summed E-state index contributed by atoms with van der Waals surface area (Å²) in [6.45, 7) is -0.143. The SMILES string of the molecule is OC[C@H]1O[C@H](c2ccc(/C=C/c3ccccc3)cc2)CC1O. The number of benzene rings is 2. The van der Waals surface area contributed by atoms with Crippen molar-refractivity contribution in [1.29, 1.82) is 0 Å². The molecule has 3 atom stereocenters. The number of aliphatic hydroxyl groups excluding tert-OH is 2. The van der Waals surface area contributed by atoms with Gasteiger partial charge in [0.1, 0.15) is 6.10 Å². The molecule has 1 fully saturated rings. The number of hydrogen-bond acceptors (Lipinski definition) is 3.